The van der Waals surface area contributed by atoms with Crippen LogP contribution in [-0.4, -0.2) is 15.0 Å². The van der Waals surface area contributed by atoms with Gasteiger partial charge in [-0.1, -0.05) is 37.3 Å². The summed E-state index contributed by atoms with van der Waals surface area (Å²) in [5, 5.41) is 2.82. The number of carbonyl (C=O) groups is 1. The summed E-state index contributed by atoms with van der Waals surface area (Å²) in [6.07, 6.45) is 0.865. The van der Waals surface area contributed by atoms with Crippen molar-refractivity contribution in [1.29, 1.82) is 0 Å². The normalized spacial score (nSPS) is 10.8. The van der Waals surface area contributed by atoms with E-state index in [1.165, 1.54) is 4.57 Å². The van der Waals surface area contributed by atoms with Crippen molar-refractivity contribution in [3.05, 3.63) is 65.1 Å². The fraction of sp³-hybridized carbons (Fsp3) is 0.222. The first-order valence-corrected chi connectivity index (χ1v) is 7.73. The first kappa shape index (κ1) is 15.1. The van der Waals surface area contributed by atoms with E-state index in [-0.39, 0.29) is 18.1 Å². The molecule has 5 heteroatoms. The molecule has 5 nitrogen and oxygen atoms in total. The summed E-state index contributed by atoms with van der Waals surface area (Å²) in [6, 6.07) is 16.8. The predicted octanol–water partition coefficient (Wildman–Crippen LogP) is 2.85. The lowest BCUT2D eigenvalue weighted by Crippen LogP contribution is -2.29. The summed E-state index contributed by atoms with van der Waals surface area (Å²) in [5.74, 6) is -0.210. The monoisotopic (exact) mass is 309 g/mol. The zero-order valence-corrected chi connectivity index (χ0v) is 13.0. The van der Waals surface area contributed by atoms with Crippen molar-refractivity contribution in [1.82, 2.24) is 9.13 Å². The second-order valence-electron chi connectivity index (χ2n) is 5.42. The molecule has 23 heavy (non-hydrogen) atoms. The highest BCUT2D eigenvalue weighted by atomic mass is 16.2. The van der Waals surface area contributed by atoms with Crippen LogP contribution in [0, 0.1) is 0 Å². The lowest BCUT2D eigenvalue weighted by atomic mass is 10.3. The van der Waals surface area contributed by atoms with E-state index in [2.05, 4.69) is 5.32 Å². The fourth-order valence-corrected chi connectivity index (χ4v) is 2.73. The summed E-state index contributed by atoms with van der Waals surface area (Å²) in [7, 11) is 0. The molecule has 0 aliphatic rings. The minimum absolute atomic E-state index is 0.00492. The molecule has 0 saturated carbocycles. The molecule has 3 rings (SSSR count). The highest BCUT2D eigenvalue weighted by molar-refractivity contribution is 5.91. The van der Waals surface area contributed by atoms with Crippen molar-refractivity contribution in [2.75, 3.05) is 5.32 Å². The van der Waals surface area contributed by atoms with Gasteiger partial charge >= 0.3 is 5.69 Å². The smallest absolute Gasteiger partial charge is 0.325 e. The number of amides is 1. The van der Waals surface area contributed by atoms with Crippen LogP contribution in [0.3, 0.4) is 0 Å². The molecule has 0 aliphatic carbocycles. The molecule has 0 fully saturated rings. The Balaban J connectivity index is 1.92. The maximum absolute atomic E-state index is 12.6. The Hall–Kier alpha value is -2.82. The predicted molar refractivity (Wildman–Crippen MR) is 91.6 cm³/mol. The average Bonchev–Trinajstić information content (AvgIpc) is 2.82. The van der Waals surface area contributed by atoms with Gasteiger partial charge in [0.1, 0.15) is 6.54 Å². The maximum atomic E-state index is 12.6. The van der Waals surface area contributed by atoms with Crippen LogP contribution in [0.4, 0.5) is 5.69 Å². The second kappa shape index (κ2) is 6.52. The third-order valence-corrected chi connectivity index (χ3v) is 3.73. The molecule has 1 amide bonds. The SMILES string of the molecule is CCCn1c(=O)n(CC(=O)Nc2ccccc2)c2ccccc21. The highest BCUT2D eigenvalue weighted by Gasteiger charge is 2.14. The Morgan fingerprint density at radius 1 is 0.957 bits per heavy atom. The van der Waals surface area contributed by atoms with Crippen LogP contribution in [0.15, 0.2) is 59.4 Å². The van der Waals surface area contributed by atoms with E-state index in [1.807, 2.05) is 61.5 Å². The van der Waals surface area contributed by atoms with Crippen LogP contribution in [0.1, 0.15) is 13.3 Å². The number of carbonyl (C=O) groups excluding carboxylic acids is 1. The van der Waals surface area contributed by atoms with E-state index >= 15 is 0 Å². The van der Waals surface area contributed by atoms with Gasteiger partial charge in [0.25, 0.3) is 0 Å². The van der Waals surface area contributed by atoms with Crippen molar-refractivity contribution in [3.63, 3.8) is 0 Å². The number of para-hydroxylation sites is 3. The largest absolute Gasteiger partial charge is 0.329 e. The fourth-order valence-electron chi connectivity index (χ4n) is 2.73. The molecular weight excluding hydrogens is 290 g/mol. The molecule has 0 aliphatic heterocycles. The van der Waals surface area contributed by atoms with E-state index in [1.54, 1.807) is 4.57 Å². The summed E-state index contributed by atoms with van der Waals surface area (Å²) in [4.78, 5) is 24.9. The molecule has 118 valence electrons. The number of fused-ring (bicyclic) bond motifs is 1. The summed E-state index contributed by atoms with van der Waals surface area (Å²) in [6.45, 7) is 2.68. The van der Waals surface area contributed by atoms with E-state index in [0.29, 0.717) is 6.54 Å². The first-order valence-electron chi connectivity index (χ1n) is 7.73. The van der Waals surface area contributed by atoms with E-state index in [9.17, 15) is 9.59 Å². The standard InChI is InChI=1S/C18H19N3O2/c1-2-12-20-15-10-6-7-11-16(15)21(18(20)23)13-17(22)19-14-8-4-3-5-9-14/h3-11H,2,12-13H2,1H3,(H,19,22). The molecule has 2 aromatic carbocycles. The minimum atomic E-state index is -0.210. The Kier molecular flexibility index (Phi) is 4.28. The van der Waals surface area contributed by atoms with Gasteiger partial charge in [0.15, 0.2) is 0 Å². The highest BCUT2D eigenvalue weighted by Crippen LogP contribution is 2.13. The summed E-state index contributed by atoms with van der Waals surface area (Å²) in [5.41, 5.74) is 2.24. The number of aromatic nitrogens is 2. The van der Waals surface area contributed by atoms with E-state index < -0.39 is 0 Å². The molecule has 0 bridgehead atoms. The number of nitrogens with zero attached hydrogens (tertiary/aromatic N) is 2. The van der Waals surface area contributed by atoms with Crippen LogP contribution < -0.4 is 11.0 Å². The van der Waals surface area contributed by atoms with Gasteiger partial charge in [0, 0.05) is 12.2 Å². The number of rotatable bonds is 5. The molecule has 3 aromatic rings. The number of anilines is 1. The first-order chi connectivity index (χ1) is 11.2. The maximum Gasteiger partial charge on any atom is 0.329 e. The zero-order chi connectivity index (χ0) is 16.2. The molecule has 0 saturated heterocycles. The van der Waals surface area contributed by atoms with Crippen LogP contribution in [0.5, 0.6) is 0 Å². The van der Waals surface area contributed by atoms with Crippen molar-refractivity contribution >= 4 is 22.6 Å². The Labute approximate surface area is 134 Å². The van der Waals surface area contributed by atoms with Gasteiger partial charge in [-0.25, -0.2) is 4.79 Å². The summed E-state index contributed by atoms with van der Waals surface area (Å²) < 4.78 is 3.26. The number of aryl methyl sites for hydroxylation is 1. The number of hydrogen-bond acceptors (Lipinski definition) is 2. The van der Waals surface area contributed by atoms with Gasteiger partial charge < -0.3 is 5.32 Å². The van der Waals surface area contributed by atoms with Gasteiger partial charge in [-0.05, 0) is 30.7 Å². The van der Waals surface area contributed by atoms with Crippen LogP contribution in [0.25, 0.3) is 11.0 Å². The number of benzene rings is 2. The third-order valence-electron chi connectivity index (χ3n) is 3.73. The lowest BCUT2D eigenvalue weighted by Gasteiger charge is -2.06. The number of hydrogen-bond donors (Lipinski definition) is 1. The van der Waals surface area contributed by atoms with Gasteiger partial charge in [-0.2, -0.15) is 0 Å². The third kappa shape index (κ3) is 3.04. The average molecular weight is 309 g/mol. The zero-order valence-electron chi connectivity index (χ0n) is 13.0. The van der Waals surface area contributed by atoms with Gasteiger partial charge in [0.05, 0.1) is 11.0 Å². The van der Waals surface area contributed by atoms with Crippen molar-refractivity contribution in [2.24, 2.45) is 0 Å². The number of nitrogens with one attached hydrogen (secondary N) is 1. The Bertz CT molecular complexity index is 878. The van der Waals surface area contributed by atoms with Crippen molar-refractivity contribution in [2.45, 2.75) is 26.4 Å². The van der Waals surface area contributed by atoms with Gasteiger partial charge in [-0.15, -0.1) is 0 Å². The van der Waals surface area contributed by atoms with Gasteiger partial charge in [-0.3, -0.25) is 13.9 Å². The lowest BCUT2D eigenvalue weighted by molar-refractivity contribution is -0.116. The second-order valence-corrected chi connectivity index (χ2v) is 5.42. The van der Waals surface area contributed by atoms with Crippen molar-refractivity contribution < 1.29 is 4.79 Å². The summed E-state index contributed by atoms with van der Waals surface area (Å²) >= 11 is 0. The number of imidazole rings is 1. The molecular formula is C18H19N3O2. The molecule has 0 spiro atoms. The molecule has 0 unspecified atom stereocenters. The Morgan fingerprint density at radius 2 is 1.57 bits per heavy atom. The van der Waals surface area contributed by atoms with Crippen LogP contribution in [0.2, 0.25) is 0 Å². The Morgan fingerprint density at radius 3 is 2.22 bits per heavy atom. The molecule has 0 atom stereocenters. The molecule has 1 heterocycles. The van der Waals surface area contributed by atoms with E-state index in [0.717, 1.165) is 23.1 Å². The van der Waals surface area contributed by atoms with Crippen LogP contribution >= 0.6 is 0 Å². The molecule has 1 N–H and O–H groups in total. The van der Waals surface area contributed by atoms with Crippen molar-refractivity contribution in [3.8, 4) is 0 Å². The van der Waals surface area contributed by atoms with Crippen LogP contribution in [-0.2, 0) is 17.9 Å². The quantitative estimate of drug-likeness (QED) is 0.788. The molecule has 0 radical (unpaired) electrons. The van der Waals surface area contributed by atoms with E-state index in [4.69, 9.17) is 0 Å². The topological polar surface area (TPSA) is 56.0 Å². The van der Waals surface area contributed by atoms with Gasteiger partial charge in [0.2, 0.25) is 5.91 Å². The molecule has 1 aromatic heterocycles. The minimum Gasteiger partial charge on any atom is -0.325 e.